The van der Waals surface area contributed by atoms with Gasteiger partial charge < -0.3 is 10.2 Å². The fourth-order valence-corrected chi connectivity index (χ4v) is 10.1. The van der Waals surface area contributed by atoms with Gasteiger partial charge in [-0.1, -0.05) is 40.2 Å². The van der Waals surface area contributed by atoms with E-state index in [1.807, 2.05) is 13.0 Å². The van der Waals surface area contributed by atoms with Gasteiger partial charge in [0.25, 0.3) is 0 Å². The Morgan fingerprint density at radius 2 is 1.55 bits per heavy atom. The molecule has 0 amide bonds. The second kappa shape index (κ2) is 6.95. The molecular weight excluding hydrogens is 412 g/mol. The Morgan fingerprint density at radius 3 is 2.21 bits per heavy atom. The Hall–Kier alpha value is -1.16. The number of carboxylic acids is 1. The number of carbonyl (C=O) groups excluding carboxylic acids is 1. The van der Waals surface area contributed by atoms with Gasteiger partial charge in [0.1, 0.15) is 0 Å². The highest BCUT2D eigenvalue weighted by atomic mass is 16.4. The van der Waals surface area contributed by atoms with Gasteiger partial charge in [0.2, 0.25) is 0 Å². The van der Waals surface area contributed by atoms with Crippen LogP contribution >= 0.6 is 0 Å². The molecule has 0 aliphatic heterocycles. The molecule has 2 unspecified atom stereocenters. The summed E-state index contributed by atoms with van der Waals surface area (Å²) in [6.45, 7) is 13.4. The zero-order valence-electron chi connectivity index (χ0n) is 21.5. The Labute approximate surface area is 199 Å². The van der Waals surface area contributed by atoms with Crippen molar-refractivity contribution in [2.45, 2.75) is 105 Å². The lowest BCUT2D eigenvalue weighted by Crippen LogP contribution is -2.64. The van der Waals surface area contributed by atoms with Gasteiger partial charge in [-0.05, 0) is 110 Å². The van der Waals surface area contributed by atoms with Crippen molar-refractivity contribution in [3.63, 3.8) is 0 Å². The highest BCUT2D eigenvalue weighted by Crippen LogP contribution is 2.71. The maximum atomic E-state index is 14.1. The summed E-state index contributed by atoms with van der Waals surface area (Å²) in [6, 6.07) is 0. The lowest BCUT2D eigenvalue weighted by molar-refractivity contribution is -0.188. The molecule has 4 fully saturated rings. The number of fused-ring (bicyclic) bond motifs is 7. The van der Waals surface area contributed by atoms with E-state index in [-0.39, 0.29) is 45.4 Å². The number of ketones is 1. The van der Waals surface area contributed by atoms with Crippen LogP contribution in [0.5, 0.6) is 0 Å². The van der Waals surface area contributed by atoms with E-state index in [4.69, 9.17) is 0 Å². The van der Waals surface area contributed by atoms with Crippen LogP contribution in [0.15, 0.2) is 11.6 Å². The fraction of sp³-hybridized carbons (Fsp3) is 0.862. The molecule has 5 rings (SSSR count). The molecule has 9 atom stereocenters. The highest BCUT2D eigenvalue weighted by molar-refractivity contribution is 5.95. The van der Waals surface area contributed by atoms with Crippen LogP contribution in [-0.2, 0) is 9.59 Å². The number of aliphatic hydroxyl groups excluding tert-OH is 1. The van der Waals surface area contributed by atoms with Gasteiger partial charge >= 0.3 is 5.97 Å². The molecule has 4 nitrogen and oxygen atoms in total. The topological polar surface area (TPSA) is 74.6 Å². The molecule has 0 heterocycles. The van der Waals surface area contributed by atoms with Crippen LogP contribution in [0.3, 0.4) is 0 Å². The van der Waals surface area contributed by atoms with Gasteiger partial charge in [-0.3, -0.25) is 9.59 Å². The summed E-state index contributed by atoms with van der Waals surface area (Å²) in [5.41, 5.74) is 0.383. The number of carboxylic acid groups (broad SMARTS) is 1. The third kappa shape index (κ3) is 2.98. The van der Waals surface area contributed by atoms with Crippen LogP contribution in [0.4, 0.5) is 0 Å². The molecule has 2 N–H and O–H groups in total. The number of rotatable bonds is 1. The molecule has 5 aliphatic carbocycles. The first-order valence-corrected chi connectivity index (χ1v) is 13.4. The van der Waals surface area contributed by atoms with Crippen molar-refractivity contribution in [3.05, 3.63) is 11.6 Å². The highest BCUT2D eigenvalue weighted by Gasteiger charge is 2.67. The second-order valence-electron chi connectivity index (χ2n) is 14.3. The summed E-state index contributed by atoms with van der Waals surface area (Å²) in [7, 11) is 0. The van der Waals surface area contributed by atoms with E-state index < -0.39 is 11.4 Å². The Kier molecular flexibility index (Phi) is 4.97. The van der Waals surface area contributed by atoms with Crippen LogP contribution in [-0.4, -0.2) is 28.1 Å². The predicted molar refractivity (Wildman–Crippen MR) is 128 cm³/mol. The summed E-state index contributed by atoms with van der Waals surface area (Å²) in [6.07, 6.45) is 10.1. The van der Waals surface area contributed by atoms with Gasteiger partial charge in [0, 0.05) is 5.92 Å². The van der Waals surface area contributed by atoms with Gasteiger partial charge in [-0.2, -0.15) is 0 Å². The molecule has 184 valence electrons. The summed E-state index contributed by atoms with van der Waals surface area (Å²) >= 11 is 0. The molecule has 0 aromatic heterocycles. The molecule has 4 heteroatoms. The zero-order chi connectivity index (χ0) is 24.2. The van der Waals surface area contributed by atoms with Crippen molar-refractivity contribution >= 4 is 11.8 Å². The van der Waals surface area contributed by atoms with Crippen molar-refractivity contribution in [1.29, 1.82) is 0 Å². The fourth-order valence-electron chi connectivity index (χ4n) is 10.1. The first-order valence-electron chi connectivity index (χ1n) is 13.4. The molecule has 5 aliphatic rings. The van der Waals surface area contributed by atoms with Gasteiger partial charge in [-0.25, -0.2) is 0 Å². The number of carbonyl (C=O) groups is 2. The normalized spacial score (nSPS) is 53.1. The zero-order valence-corrected chi connectivity index (χ0v) is 21.5. The first-order chi connectivity index (χ1) is 15.2. The van der Waals surface area contributed by atoms with Crippen LogP contribution in [0.2, 0.25) is 0 Å². The number of aliphatic carboxylic acids is 1. The molecule has 0 aromatic rings. The molecule has 0 bridgehead atoms. The monoisotopic (exact) mass is 456 g/mol. The standard InChI is InChI=1S/C29H44O4/c1-25(2)21-8-11-28(5)18-7-10-26(3)13-14-27(4,24(32)33)16-19(26)17(18)15-20(30)23(28)29(21,6)12-9-22(25)31/h15,18-19,21-23,31H,7-14,16H2,1-6H3,(H,32,33)/t18?,19-,21-,22-,23?,26-,27-,28-,29-/m0/s1. The minimum Gasteiger partial charge on any atom is -0.481 e. The van der Waals surface area contributed by atoms with Crippen molar-refractivity contribution in [1.82, 2.24) is 0 Å². The van der Waals surface area contributed by atoms with E-state index in [1.54, 1.807) is 0 Å². The van der Waals surface area contributed by atoms with Crippen molar-refractivity contribution in [2.75, 3.05) is 0 Å². The van der Waals surface area contributed by atoms with Crippen LogP contribution in [0.25, 0.3) is 0 Å². The second-order valence-corrected chi connectivity index (χ2v) is 14.3. The smallest absolute Gasteiger partial charge is 0.309 e. The third-order valence-electron chi connectivity index (χ3n) is 12.3. The van der Waals surface area contributed by atoms with E-state index in [9.17, 15) is 19.8 Å². The van der Waals surface area contributed by atoms with E-state index in [0.717, 1.165) is 51.4 Å². The SMILES string of the molecule is CC1(C)[C@@H](O)CC[C@]2(C)C3C(=O)C=C4C(CC[C@@]5(C)CC[C@](C)(C(=O)O)C[C@@H]45)[C@]3(C)CC[C@@H]12. The van der Waals surface area contributed by atoms with Gasteiger partial charge in [-0.15, -0.1) is 0 Å². The van der Waals surface area contributed by atoms with Crippen molar-refractivity contribution in [3.8, 4) is 0 Å². The van der Waals surface area contributed by atoms with E-state index in [2.05, 4.69) is 34.6 Å². The average Bonchev–Trinajstić information content (AvgIpc) is 2.71. The molecule has 0 saturated heterocycles. The maximum absolute atomic E-state index is 14.1. The molecular formula is C29H44O4. The summed E-state index contributed by atoms with van der Waals surface area (Å²) in [4.78, 5) is 26.2. The van der Waals surface area contributed by atoms with E-state index in [1.165, 1.54) is 5.57 Å². The summed E-state index contributed by atoms with van der Waals surface area (Å²) < 4.78 is 0. The van der Waals surface area contributed by atoms with Crippen LogP contribution < -0.4 is 0 Å². The van der Waals surface area contributed by atoms with E-state index in [0.29, 0.717) is 18.3 Å². The summed E-state index contributed by atoms with van der Waals surface area (Å²) in [5.74, 6) is 0.530. The number of hydrogen-bond acceptors (Lipinski definition) is 3. The molecule has 33 heavy (non-hydrogen) atoms. The third-order valence-corrected chi connectivity index (χ3v) is 12.3. The Bertz CT molecular complexity index is 919. The van der Waals surface area contributed by atoms with Crippen LogP contribution in [0, 0.1) is 50.7 Å². The molecule has 0 aromatic carbocycles. The quantitative estimate of drug-likeness (QED) is 0.506. The Balaban J connectivity index is 1.57. The number of hydrogen-bond donors (Lipinski definition) is 2. The first kappa shape index (κ1) is 23.6. The van der Waals surface area contributed by atoms with Gasteiger partial charge in [0.05, 0.1) is 11.5 Å². The maximum Gasteiger partial charge on any atom is 0.309 e. The molecule has 0 spiro atoms. The Morgan fingerprint density at radius 1 is 0.879 bits per heavy atom. The van der Waals surface area contributed by atoms with Crippen molar-refractivity contribution < 1.29 is 19.8 Å². The number of aliphatic hydroxyl groups is 1. The molecule has 4 saturated carbocycles. The van der Waals surface area contributed by atoms with Crippen molar-refractivity contribution in [2.24, 2.45) is 50.7 Å². The largest absolute Gasteiger partial charge is 0.481 e. The predicted octanol–water partition coefficient (Wildman–Crippen LogP) is 6.02. The lowest BCUT2D eigenvalue weighted by Gasteiger charge is -2.67. The average molecular weight is 457 g/mol. The number of allylic oxidation sites excluding steroid dienone is 2. The minimum atomic E-state index is -0.694. The minimum absolute atomic E-state index is 0.00285. The summed E-state index contributed by atoms with van der Waals surface area (Å²) in [5, 5.41) is 20.8. The van der Waals surface area contributed by atoms with Gasteiger partial charge in [0.15, 0.2) is 5.78 Å². The lowest BCUT2D eigenvalue weighted by atomic mass is 9.37. The molecule has 0 radical (unpaired) electrons. The van der Waals surface area contributed by atoms with E-state index >= 15 is 0 Å². The van der Waals surface area contributed by atoms with Crippen LogP contribution in [0.1, 0.15) is 99.3 Å².